The molecule has 0 bridgehead atoms. The molecule has 12 nitrogen and oxygen atoms in total. The van der Waals surface area contributed by atoms with E-state index in [2.05, 4.69) is 9.97 Å². The average Bonchev–Trinajstić information content (AvgIpc) is 2.92. The van der Waals surface area contributed by atoms with Crippen LogP contribution in [0.2, 0.25) is 0 Å². The van der Waals surface area contributed by atoms with E-state index in [4.69, 9.17) is 4.74 Å². The fourth-order valence-electron chi connectivity index (χ4n) is 4.47. The van der Waals surface area contributed by atoms with Crippen molar-refractivity contribution in [2.75, 3.05) is 19.6 Å². The van der Waals surface area contributed by atoms with Crippen LogP contribution in [-0.2, 0) is 14.8 Å². The van der Waals surface area contributed by atoms with Crippen molar-refractivity contribution >= 4 is 27.6 Å². The molecule has 210 valence electrons. The van der Waals surface area contributed by atoms with Crippen LogP contribution in [0, 0.1) is 17.0 Å². The van der Waals surface area contributed by atoms with Gasteiger partial charge in [0, 0.05) is 43.4 Å². The second-order valence-electron chi connectivity index (χ2n) is 9.64. The molecule has 0 radical (unpaired) electrons. The van der Waals surface area contributed by atoms with Crippen LogP contribution < -0.4 is 0 Å². The molecule has 0 saturated carbocycles. The number of aryl methyl sites for hydroxylation is 1. The second kappa shape index (κ2) is 11.5. The van der Waals surface area contributed by atoms with Crippen molar-refractivity contribution in [3.63, 3.8) is 0 Å². The normalized spacial score (nSPS) is 16.1. The number of carbonyl (C=O) groups is 2. The van der Waals surface area contributed by atoms with Gasteiger partial charge >= 0.3 is 5.97 Å². The number of hydrogen-bond acceptors (Lipinski definition) is 9. The molecule has 1 fully saturated rings. The molecule has 2 aromatic carbocycles. The molecule has 0 N–H and O–H groups in total. The Morgan fingerprint density at radius 3 is 2.27 bits per heavy atom. The molecular weight excluding hydrogens is 538 g/mol. The Kier molecular flexibility index (Phi) is 8.26. The average molecular weight is 568 g/mol. The maximum absolute atomic E-state index is 13.8. The standard InChI is InChI=1S/C27H29N5O7S/c1-17(2)39-27(34)23-19(4)28-25(20-8-6-5-7-9-20)29-24(23)26(33)30-14-15-31(18(3)16-30)40(37,38)22-12-10-21(11-13-22)32(35)36/h5-13,17-18H,14-16H2,1-4H3. The number of hydrogen-bond donors (Lipinski definition) is 0. The molecule has 1 aliphatic rings. The highest BCUT2D eigenvalue weighted by atomic mass is 32.2. The molecule has 1 saturated heterocycles. The van der Waals surface area contributed by atoms with Gasteiger partial charge in [0.2, 0.25) is 10.0 Å². The van der Waals surface area contributed by atoms with Crippen LogP contribution in [0.15, 0.2) is 59.5 Å². The SMILES string of the molecule is Cc1nc(-c2ccccc2)nc(C(=O)N2CCN(S(=O)(=O)c3ccc([N+](=O)[O-])cc3)C(C)C2)c1C(=O)OC(C)C. The minimum Gasteiger partial charge on any atom is -0.459 e. The molecule has 2 heterocycles. The molecule has 40 heavy (non-hydrogen) atoms. The number of benzene rings is 2. The van der Waals surface area contributed by atoms with Crippen molar-refractivity contribution in [1.29, 1.82) is 0 Å². The number of nitrogens with zero attached hydrogens (tertiary/aromatic N) is 5. The maximum Gasteiger partial charge on any atom is 0.342 e. The summed E-state index contributed by atoms with van der Waals surface area (Å²) in [5, 5.41) is 10.9. The first-order valence-corrected chi connectivity index (χ1v) is 14.0. The maximum atomic E-state index is 13.8. The van der Waals surface area contributed by atoms with Crippen LogP contribution in [0.5, 0.6) is 0 Å². The van der Waals surface area contributed by atoms with E-state index < -0.39 is 39.0 Å². The first kappa shape index (κ1) is 28.8. The molecule has 3 aromatic rings. The van der Waals surface area contributed by atoms with Gasteiger partial charge in [-0.25, -0.2) is 23.2 Å². The van der Waals surface area contributed by atoms with Gasteiger partial charge in [-0.3, -0.25) is 14.9 Å². The van der Waals surface area contributed by atoms with E-state index >= 15 is 0 Å². The summed E-state index contributed by atoms with van der Waals surface area (Å²) in [6.45, 7) is 6.72. The number of nitro benzene ring substituents is 1. The van der Waals surface area contributed by atoms with Crippen LogP contribution in [-0.4, -0.2) is 76.2 Å². The quantitative estimate of drug-likeness (QED) is 0.237. The lowest BCUT2D eigenvalue weighted by Gasteiger charge is -2.39. The van der Waals surface area contributed by atoms with E-state index in [0.717, 1.165) is 12.1 Å². The van der Waals surface area contributed by atoms with Crippen LogP contribution in [0.3, 0.4) is 0 Å². The Morgan fingerprint density at radius 2 is 1.70 bits per heavy atom. The summed E-state index contributed by atoms with van der Waals surface area (Å²) in [4.78, 5) is 47.5. The van der Waals surface area contributed by atoms with Gasteiger partial charge in [-0.2, -0.15) is 4.31 Å². The summed E-state index contributed by atoms with van der Waals surface area (Å²) in [6, 6.07) is 13.1. The number of rotatable bonds is 7. The third kappa shape index (κ3) is 5.84. The van der Waals surface area contributed by atoms with Crippen molar-refractivity contribution in [3.8, 4) is 11.4 Å². The number of carbonyl (C=O) groups excluding carboxylic acids is 2. The van der Waals surface area contributed by atoms with E-state index in [1.54, 1.807) is 39.8 Å². The van der Waals surface area contributed by atoms with E-state index in [9.17, 15) is 28.1 Å². The van der Waals surface area contributed by atoms with Gasteiger partial charge in [0.15, 0.2) is 5.82 Å². The zero-order chi connectivity index (χ0) is 29.2. The first-order valence-electron chi connectivity index (χ1n) is 12.6. The summed E-state index contributed by atoms with van der Waals surface area (Å²) in [6.07, 6.45) is -0.433. The molecule has 1 atom stereocenters. The Balaban J connectivity index is 1.64. The lowest BCUT2D eigenvalue weighted by molar-refractivity contribution is -0.384. The van der Waals surface area contributed by atoms with Crippen LogP contribution in [0.1, 0.15) is 47.3 Å². The minimum absolute atomic E-state index is 0.0202. The van der Waals surface area contributed by atoms with Crippen LogP contribution >= 0.6 is 0 Å². The Labute approximate surface area is 231 Å². The summed E-state index contributed by atoms with van der Waals surface area (Å²) < 4.78 is 33.2. The van der Waals surface area contributed by atoms with Gasteiger partial charge in [0.05, 0.1) is 21.6 Å². The Morgan fingerprint density at radius 1 is 1.05 bits per heavy atom. The Bertz CT molecular complexity index is 1540. The predicted octanol–water partition coefficient (Wildman–Crippen LogP) is 3.46. The molecule has 1 aliphatic heterocycles. The number of amides is 1. The molecule has 1 unspecified atom stereocenters. The van der Waals surface area contributed by atoms with Gasteiger partial charge in [-0.15, -0.1) is 0 Å². The van der Waals surface area contributed by atoms with Crippen molar-refractivity contribution in [2.45, 2.75) is 44.7 Å². The molecule has 1 amide bonds. The van der Waals surface area contributed by atoms with E-state index in [1.807, 2.05) is 18.2 Å². The largest absolute Gasteiger partial charge is 0.459 e. The topological polar surface area (TPSA) is 153 Å². The van der Waals surface area contributed by atoms with Crippen molar-refractivity contribution < 1.29 is 27.7 Å². The van der Waals surface area contributed by atoms with Gasteiger partial charge in [-0.1, -0.05) is 30.3 Å². The van der Waals surface area contributed by atoms with Gasteiger partial charge in [-0.05, 0) is 39.8 Å². The van der Waals surface area contributed by atoms with Crippen LogP contribution in [0.25, 0.3) is 11.4 Å². The van der Waals surface area contributed by atoms with E-state index in [-0.39, 0.29) is 53.0 Å². The number of aromatic nitrogens is 2. The zero-order valence-corrected chi connectivity index (χ0v) is 23.3. The van der Waals surface area contributed by atoms with E-state index in [0.29, 0.717) is 5.56 Å². The van der Waals surface area contributed by atoms with Crippen molar-refractivity contribution in [3.05, 3.63) is 81.7 Å². The number of piperazine rings is 1. The highest BCUT2D eigenvalue weighted by Gasteiger charge is 2.37. The molecular formula is C27H29N5O7S. The monoisotopic (exact) mass is 567 g/mol. The predicted molar refractivity (Wildman–Crippen MR) is 145 cm³/mol. The Hall–Kier alpha value is -4.23. The summed E-state index contributed by atoms with van der Waals surface area (Å²) in [5.74, 6) is -0.990. The number of non-ortho nitro benzene ring substituents is 1. The number of ether oxygens (including phenoxy) is 1. The fraction of sp³-hybridized carbons (Fsp3) is 0.333. The highest BCUT2D eigenvalue weighted by Crippen LogP contribution is 2.26. The van der Waals surface area contributed by atoms with Crippen LogP contribution in [0.4, 0.5) is 5.69 Å². The third-order valence-corrected chi connectivity index (χ3v) is 8.41. The lowest BCUT2D eigenvalue weighted by atomic mass is 10.1. The minimum atomic E-state index is -3.98. The van der Waals surface area contributed by atoms with Gasteiger partial charge in [0.1, 0.15) is 11.3 Å². The second-order valence-corrected chi connectivity index (χ2v) is 11.5. The number of esters is 1. The van der Waals surface area contributed by atoms with Crippen molar-refractivity contribution in [1.82, 2.24) is 19.2 Å². The summed E-state index contributed by atoms with van der Waals surface area (Å²) in [5.41, 5.74) is 0.582. The molecule has 13 heteroatoms. The lowest BCUT2D eigenvalue weighted by Crippen LogP contribution is -2.55. The molecule has 0 spiro atoms. The molecule has 4 rings (SSSR count). The highest BCUT2D eigenvalue weighted by molar-refractivity contribution is 7.89. The summed E-state index contributed by atoms with van der Waals surface area (Å²) >= 11 is 0. The zero-order valence-electron chi connectivity index (χ0n) is 22.5. The summed E-state index contributed by atoms with van der Waals surface area (Å²) in [7, 11) is -3.98. The van der Waals surface area contributed by atoms with E-state index in [1.165, 1.54) is 21.3 Å². The van der Waals surface area contributed by atoms with Crippen molar-refractivity contribution in [2.24, 2.45) is 0 Å². The smallest absolute Gasteiger partial charge is 0.342 e. The third-order valence-electron chi connectivity index (χ3n) is 6.38. The first-order chi connectivity index (χ1) is 18.9. The van der Waals surface area contributed by atoms with Gasteiger partial charge < -0.3 is 9.64 Å². The fourth-order valence-corrected chi connectivity index (χ4v) is 6.08. The molecule has 1 aromatic heterocycles. The number of sulfonamides is 1. The molecule has 0 aliphatic carbocycles. The number of nitro groups is 1. The van der Waals surface area contributed by atoms with Gasteiger partial charge in [0.25, 0.3) is 11.6 Å².